The van der Waals surface area contributed by atoms with E-state index in [4.69, 9.17) is 0 Å². The van der Waals surface area contributed by atoms with Gasteiger partial charge in [0.15, 0.2) is 0 Å². The number of carbonyl (C=O) groups excluding carboxylic acids is 3. The molecule has 3 saturated carbocycles. The Balaban J connectivity index is 1.22. The van der Waals surface area contributed by atoms with E-state index in [0.717, 1.165) is 19.3 Å². The van der Waals surface area contributed by atoms with Gasteiger partial charge in [0, 0.05) is 30.3 Å². The van der Waals surface area contributed by atoms with E-state index in [9.17, 15) is 14.4 Å². The van der Waals surface area contributed by atoms with Gasteiger partial charge in [0.2, 0.25) is 17.7 Å². The molecule has 3 fully saturated rings. The molecule has 2 heterocycles. The average molecular weight is 521 g/mol. The molecular formula is C31H44N4O3. The molecular weight excluding hydrogens is 476 g/mol. The molecule has 7 heteroatoms. The molecule has 2 N–H and O–H groups in total. The number of hydrogen-bond donors (Lipinski definition) is 2. The predicted molar refractivity (Wildman–Crippen MR) is 149 cm³/mol. The molecule has 0 spiro atoms. The third kappa shape index (κ3) is 4.56. The largest absolute Gasteiger partial charge is 0.338 e. The van der Waals surface area contributed by atoms with E-state index in [1.54, 1.807) is 24.4 Å². The molecule has 38 heavy (non-hydrogen) atoms. The lowest BCUT2D eigenvalue weighted by Gasteiger charge is -2.60. The Hall–Kier alpha value is -2.70. The summed E-state index contributed by atoms with van der Waals surface area (Å²) in [5.74, 6) is 2.84. The number of carbonyl (C=O) groups is 3. The van der Waals surface area contributed by atoms with E-state index in [2.05, 4.69) is 35.5 Å². The zero-order valence-corrected chi connectivity index (χ0v) is 23.8. The van der Waals surface area contributed by atoms with Gasteiger partial charge >= 0.3 is 0 Å². The van der Waals surface area contributed by atoms with Crippen molar-refractivity contribution in [1.82, 2.24) is 9.88 Å². The number of pyridine rings is 1. The van der Waals surface area contributed by atoms with Gasteiger partial charge in [0.25, 0.3) is 0 Å². The molecule has 206 valence electrons. The van der Waals surface area contributed by atoms with Crippen LogP contribution in [0.2, 0.25) is 0 Å². The van der Waals surface area contributed by atoms with Crippen molar-refractivity contribution in [3.63, 3.8) is 0 Å². The second-order valence-electron chi connectivity index (χ2n) is 13.8. The van der Waals surface area contributed by atoms with Gasteiger partial charge in [0.1, 0.15) is 5.82 Å². The van der Waals surface area contributed by atoms with Crippen LogP contribution in [-0.2, 0) is 14.4 Å². The fourth-order valence-corrected chi connectivity index (χ4v) is 8.46. The number of nitrogens with one attached hydrogen (secondary N) is 2. The van der Waals surface area contributed by atoms with Gasteiger partial charge < -0.3 is 15.5 Å². The zero-order chi connectivity index (χ0) is 27.5. The second kappa shape index (κ2) is 9.49. The summed E-state index contributed by atoms with van der Waals surface area (Å²) in [4.78, 5) is 43.9. The van der Waals surface area contributed by atoms with E-state index in [-0.39, 0.29) is 28.6 Å². The third-order valence-corrected chi connectivity index (χ3v) is 10.7. The number of hydrogen-bond acceptors (Lipinski definition) is 4. The van der Waals surface area contributed by atoms with Gasteiger partial charge in [-0.3, -0.25) is 14.4 Å². The molecule has 4 unspecified atom stereocenters. The number of nitrogens with zero attached hydrogens (tertiary/aromatic N) is 2. The number of amides is 3. The van der Waals surface area contributed by atoms with Crippen molar-refractivity contribution in [3.05, 3.63) is 30.5 Å². The molecule has 5 rings (SSSR count). The molecule has 1 aliphatic heterocycles. The molecule has 0 aromatic carbocycles. The predicted octanol–water partition coefficient (Wildman–Crippen LogP) is 5.65. The lowest BCUT2D eigenvalue weighted by atomic mass is 9.47. The molecule has 3 aliphatic carbocycles. The van der Waals surface area contributed by atoms with Crippen LogP contribution in [0.15, 0.2) is 30.5 Å². The van der Waals surface area contributed by atoms with Crippen LogP contribution < -0.4 is 10.6 Å². The van der Waals surface area contributed by atoms with E-state index in [1.165, 1.54) is 19.3 Å². The fraction of sp³-hybridized carbons (Fsp3) is 0.677. The molecule has 1 aromatic heterocycles. The van der Waals surface area contributed by atoms with Crippen LogP contribution in [0, 0.1) is 39.9 Å². The monoisotopic (exact) mass is 520 g/mol. The van der Waals surface area contributed by atoms with Crippen molar-refractivity contribution < 1.29 is 14.4 Å². The van der Waals surface area contributed by atoms with E-state index >= 15 is 0 Å². The molecule has 0 saturated heterocycles. The summed E-state index contributed by atoms with van der Waals surface area (Å²) < 4.78 is 0. The van der Waals surface area contributed by atoms with E-state index in [1.807, 2.05) is 32.7 Å². The first-order valence-corrected chi connectivity index (χ1v) is 14.4. The van der Waals surface area contributed by atoms with Crippen molar-refractivity contribution in [3.8, 4) is 0 Å². The first-order chi connectivity index (χ1) is 17.8. The Kier molecular flexibility index (Phi) is 6.72. The zero-order valence-electron chi connectivity index (χ0n) is 23.8. The van der Waals surface area contributed by atoms with Crippen LogP contribution in [0.3, 0.4) is 0 Å². The maximum absolute atomic E-state index is 13.1. The Morgan fingerprint density at radius 3 is 2.50 bits per heavy atom. The molecule has 3 amide bonds. The lowest BCUT2D eigenvalue weighted by Crippen LogP contribution is -2.59. The summed E-state index contributed by atoms with van der Waals surface area (Å²) in [6.45, 7) is 10.4. The minimum atomic E-state index is -0.498. The maximum atomic E-state index is 13.1. The van der Waals surface area contributed by atoms with Crippen LogP contribution in [0.5, 0.6) is 0 Å². The van der Waals surface area contributed by atoms with Crippen LogP contribution in [0.25, 0.3) is 0 Å². The van der Waals surface area contributed by atoms with Gasteiger partial charge in [0.05, 0.1) is 11.9 Å². The smallest absolute Gasteiger partial charge is 0.246 e. The summed E-state index contributed by atoms with van der Waals surface area (Å²) in [5, 5.41) is 5.86. The van der Waals surface area contributed by atoms with Gasteiger partial charge in [-0.15, -0.1) is 0 Å². The molecule has 1 aromatic rings. The fourth-order valence-electron chi connectivity index (χ4n) is 8.46. The highest BCUT2D eigenvalue weighted by Gasteiger charge is 2.60. The highest BCUT2D eigenvalue weighted by molar-refractivity contribution is 5.94. The van der Waals surface area contributed by atoms with Crippen LogP contribution in [-0.4, -0.2) is 40.7 Å². The minimum Gasteiger partial charge on any atom is -0.338 e. The first-order valence-electron chi connectivity index (χ1n) is 14.4. The van der Waals surface area contributed by atoms with Crippen molar-refractivity contribution in [2.24, 2.45) is 39.9 Å². The highest BCUT2D eigenvalue weighted by Crippen LogP contribution is 2.66. The lowest BCUT2D eigenvalue weighted by molar-refractivity contribution is -0.139. The van der Waals surface area contributed by atoms with Gasteiger partial charge in [-0.2, -0.15) is 0 Å². The molecule has 0 radical (unpaired) electrons. The number of aromatic nitrogens is 1. The van der Waals surface area contributed by atoms with Gasteiger partial charge in [-0.1, -0.05) is 40.7 Å². The van der Waals surface area contributed by atoms with Crippen LogP contribution in [0.1, 0.15) is 79.6 Å². The SMILES string of the molecule is CN1C(=O)C=C[C@]2(C)C3CC[C@@]4(C)C(CC[C@@H]4CC(=O)Nc4ccc(NC(=O)C(C)(C)C)nc4)C3CCC12. The standard InChI is InChI=1S/C31H44N4O3/c1-29(2,3)28(38)34-25-12-8-20(18-32-25)33-26(36)17-19-7-10-22-21-9-11-24-31(5,16-14-27(37)35(24)6)23(21)13-15-30(19,22)4/h8,12,14,16,18-19,21-24H,7,9-11,13,15,17H2,1-6H3,(H,33,36)(H,32,34,38)/t19-,21?,22?,23?,24?,30-,31-/m1/s1. The topological polar surface area (TPSA) is 91.4 Å². The Labute approximate surface area is 227 Å². The first kappa shape index (κ1) is 26.9. The van der Waals surface area contributed by atoms with Crippen LogP contribution in [0.4, 0.5) is 11.5 Å². The van der Waals surface area contributed by atoms with Crippen molar-refractivity contribution in [1.29, 1.82) is 0 Å². The van der Waals surface area contributed by atoms with Crippen molar-refractivity contribution >= 4 is 29.2 Å². The number of rotatable bonds is 4. The molecule has 7 atom stereocenters. The quantitative estimate of drug-likeness (QED) is 0.537. The van der Waals surface area contributed by atoms with Gasteiger partial charge in [-0.05, 0) is 85.8 Å². The number of likely N-dealkylation sites (N-methyl/N-ethyl adjacent to an activating group) is 1. The maximum Gasteiger partial charge on any atom is 0.246 e. The Bertz CT molecular complexity index is 1140. The summed E-state index contributed by atoms with van der Waals surface area (Å²) in [6.07, 6.45) is 13.0. The minimum absolute atomic E-state index is 0.0401. The molecule has 0 bridgehead atoms. The summed E-state index contributed by atoms with van der Waals surface area (Å²) in [7, 11) is 1.97. The molecule has 4 aliphatic rings. The number of fused-ring (bicyclic) bond motifs is 5. The van der Waals surface area contributed by atoms with Crippen molar-refractivity contribution in [2.75, 3.05) is 17.7 Å². The molecule has 7 nitrogen and oxygen atoms in total. The Morgan fingerprint density at radius 1 is 1.05 bits per heavy atom. The summed E-state index contributed by atoms with van der Waals surface area (Å²) in [5.41, 5.74) is 0.388. The summed E-state index contributed by atoms with van der Waals surface area (Å²) in [6, 6.07) is 3.83. The normalized spacial score (nSPS) is 36.2. The van der Waals surface area contributed by atoms with E-state index < -0.39 is 5.41 Å². The van der Waals surface area contributed by atoms with E-state index in [0.29, 0.717) is 47.6 Å². The van der Waals surface area contributed by atoms with Crippen molar-refractivity contribution in [2.45, 2.75) is 85.6 Å². The highest BCUT2D eigenvalue weighted by atomic mass is 16.2. The third-order valence-electron chi connectivity index (χ3n) is 10.7. The number of anilines is 2. The summed E-state index contributed by atoms with van der Waals surface area (Å²) >= 11 is 0. The van der Waals surface area contributed by atoms with Crippen LogP contribution >= 0.6 is 0 Å². The second-order valence-corrected chi connectivity index (χ2v) is 13.8. The van der Waals surface area contributed by atoms with Gasteiger partial charge in [-0.25, -0.2) is 4.98 Å². The Morgan fingerprint density at radius 2 is 1.82 bits per heavy atom. The average Bonchev–Trinajstić information content (AvgIpc) is 3.18.